The Bertz CT molecular complexity index is 330. The molecule has 1 aromatic carbocycles. The molecular formula is C13H16Cl2. The van der Waals surface area contributed by atoms with Gasteiger partial charge in [0.15, 0.2) is 0 Å². The first-order valence-electron chi connectivity index (χ1n) is 4.67. The van der Waals surface area contributed by atoms with E-state index in [4.69, 9.17) is 23.2 Å². The molecule has 2 heteroatoms. The van der Waals surface area contributed by atoms with E-state index in [-0.39, 0.29) is 0 Å². The number of rotatable bonds is 1. The Labute approximate surface area is 102 Å². The van der Waals surface area contributed by atoms with Crippen molar-refractivity contribution >= 4 is 23.2 Å². The summed E-state index contributed by atoms with van der Waals surface area (Å²) >= 11 is 11.2. The molecule has 0 radical (unpaired) electrons. The smallest absolute Gasteiger partial charge is 0.0435 e. The lowest BCUT2D eigenvalue weighted by Gasteiger charge is -1.90. The van der Waals surface area contributed by atoms with Crippen LogP contribution in [0.1, 0.15) is 19.4 Å². The van der Waals surface area contributed by atoms with Crippen LogP contribution in [0.5, 0.6) is 0 Å². The maximum atomic E-state index is 5.71. The molecule has 0 bridgehead atoms. The summed E-state index contributed by atoms with van der Waals surface area (Å²) < 4.78 is 0. The van der Waals surface area contributed by atoms with Crippen LogP contribution in [0, 0.1) is 6.92 Å². The minimum absolute atomic E-state index is 0.627. The van der Waals surface area contributed by atoms with Gasteiger partial charge in [0.1, 0.15) is 0 Å². The second-order valence-electron chi connectivity index (χ2n) is 3.13. The lowest BCUT2D eigenvalue weighted by molar-refractivity contribution is 1.46. The number of aryl methyl sites for hydroxylation is 1. The predicted molar refractivity (Wildman–Crippen MR) is 70.6 cm³/mol. The van der Waals surface area contributed by atoms with Crippen molar-refractivity contribution in [2.24, 2.45) is 0 Å². The fourth-order valence-electron chi connectivity index (χ4n) is 0.708. The van der Waals surface area contributed by atoms with Gasteiger partial charge in [-0.3, -0.25) is 0 Å². The lowest BCUT2D eigenvalue weighted by Crippen LogP contribution is -1.68. The van der Waals surface area contributed by atoms with E-state index in [1.165, 1.54) is 0 Å². The first-order chi connectivity index (χ1) is 6.99. The van der Waals surface area contributed by atoms with E-state index >= 15 is 0 Å². The van der Waals surface area contributed by atoms with Crippen molar-refractivity contribution in [2.45, 2.75) is 20.8 Å². The molecule has 0 fully saturated rings. The maximum Gasteiger partial charge on any atom is 0.0435 e. The zero-order valence-electron chi connectivity index (χ0n) is 9.35. The Balaban J connectivity index is 0.000000265. The molecule has 0 heterocycles. The van der Waals surface area contributed by atoms with E-state index in [9.17, 15) is 0 Å². The SMILES string of the molecule is C=C(Cl)/C(C)=C\C.Cc1ccccc1Cl. The van der Waals surface area contributed by atoms with Crippen LogP contribution < -0.4 is 0 Å². The summed E-state index contributed by atoms with van der Waals surface area (Å²) in [6, 6.07) is 7.77. The van der Waals surface area contributed by atoms with Gasteiger partial charge in [-0.05, 0) is 38.0 Å². The average Bonchev–Trinajstić information content (AvgIpc) is 2.22. The summed E-state index contributed by atoms with van der Waals surface area (Å²) in [5.74, 6) is 0. The van der Waals surface area contributed by atoms with Crippen molar-refractivity contribution in [1.29, 1.82) is 0 Å². The molecule has 82 valence electrons. The maximum absolute atomic E-state index is 5.71. The second kappa shape index (κ2) is 7.56. The number of halogens is 2. The van der Waals surface area contributed by atoms with Gasteiger partial charge in [-0.1, -0.05) is 54.1 Å². The monoisotopic (exact) mass is 242 g/mol. The first kappa shape index (κ1) is 14.3. The van der Waals surface area contributed by atoms with Gasteiger partial charge in [-0.25, -0.2) is 0 Å². The molecule has 15 heavy (non-hydrogen) atoms. The molecule has 1 aromatic rings. The van der Waals surface area contributed by atoms with Gasteiger partial charge in [0.25, 0.3) is 0 Å². The molecule has 0 spiro atoms. The van der Waals surface area contributed by atoms with E-state index in [2.05, 4.69) is 6.58 Å². The van der Waals surface area contributed by atoms with Crippen LogP contribution in [0.25, 0.3) is 0 Å². The zero-order chi connectivity index (χ0) is 11.8. The Morgan fingerprint density at radius 1 is 1.33 bits per heavy atom. The molecule has 0 aliphatic rings. The molecule has 0 unspecified atom stereocenters. The fourth-order valence-corrected chi connectivity index (χ4v) is 0.952. The van der Waals surface area contributed by atoms with Crippen LogP contribution in [-0.2, 0) is 0 Å². The summed E-state index contributed by atoms with van der Waals surface area (Å²) in [7, 11) is 0. The molecule has 0 N–H and O–H groups in total. The lowest BCUT2D eigenvalue weighted by atomic mass is 10.2. The van der Waals surface area contributed by atoms with Gasteiger partial charge in [-0.15, -0.1) is 0 Å². The van der Waals surface area contributed by atoms with Crippen LogP contribution in [0.3, 0.4) is 0 Å². The standard InChI is InChI=1S/C7H7Cl.C6H9Cl/c1-6-4-2-3-5-7(6)8;1-4-5(2)6(3)7/h2-5H,1H3;4H,3H2,1-2H3/b;5-4-. The highest BCUT2D eigenvalue weighted by molar-refractivity contribution is 6.31. The summed E-state index contributed by atoms with van der Waals surface area (Å²) in [6.45, 7) is 9.37. The van der Waals surface area contributed by atoms with Crippen molar-refractivity contribution in [2.75, 3.05) is 0 Å². The number of benzene rings is 1. The van der Waals surface area contributed by atoms with Gasteiger partial charge >= 0.3 is 0 Å². The highest BCUT2D eigenvalue weighted by atomic mass is 35.5. The van der Waals surface area contributed by atoms with Crippen LogP contribution in [0.4, 0.5) is 0 Å². The molecule has 0 amide bonds. The van der Waals surface area contributed by atoms with Gasteiger partial charge in [-0.2, -0.15) is 0 Å². The topological polar surface area (TPSA) is 0 Å². The quantitative estimate of drug-likeness (QED) is 0.583. The van der Waals surface area contributed by atoms with E-state index in [0.717, 1.165) is 16.2 Å². The summed E-state index contributed by atoms with van der Waals surface area (Å²) in [5, 5.41) is 1.47. The number of allylic oxidation sites excluding steroid dienone is 3. The first-order valence-corrected chi connectivity index (χ1v) is 5.43. The fraction of sp³-hybridized carbons (Fsp3) is 0.231. The molecule has 0 aliphatic heterocycles. The molecule has 0 atom stereocenters. The molecule has 0 aromatic heterocycles. The normalized spacial score (nSPS) is 10.3. The van der Waals surface area contributed by atoms with E-state index in [0.29, 0.717) is 5.03 Å². The van der Waals surface area contributed by atoms with E-state index in [1.807, 2.05) is 51.1 Å². The van der Waals surface area contributed by atoms with Gasteiger partial charge in [0, 0.05) is 10.1 Å². The average molecular weight is 243 g/mol. The van der Waals surface area contributed by atoms with Crippen LogP contribution >= 0.6 is 23.2 Å². The molecule has 1 rings (SSSR count). The minimum Gasteiger partial charge on any atom is -0.0847 e. The number of hydrogen-bond acceptors (Lipinski definition) is 0. The Morgan fingerprint density at radius 3 is 2.07 bits per heavy atom. The Morgan fingerprint density at radius 2 is 1.87 bits per heavy atom. The zero-order valence-corrected chi connectivity index (χ0v) is 10.9. The number of hydrogen-bond donors (Lipinski definition) is 0. The highest BCUT2D eigenvalue weighted by Crippen LogP contribution is 2.11. The van der Waals surface area contributed by atoms with Crippen LogP contribution in [-0.4, -0.2) is 0 Å². The van der Waals surface area contributed by atoms with Crippen LogP contribution in [0.15, 0.2) is 47.5 Å². The predicted octanol–water partition coefficient (Wildman–Crippen LogP) is 5.35. The molecular weight excluding hydrogens is 227 g/mol. The summed E-state index contributed by atoms with van der Waals surface area (Å²) in [4.78, 5) is 0. The summed E-state index contributed by atoms with van der Waals surface area (Å²) in [5.41, 5.74) is 2.18. The third kappa shape index (κ3) is 6.38. The minimum atomic E-state index is 0.627. The van der Waals surface area contributed by atoms with Crippen molar-refractivity contribution in [3.05, 3.63) is 58.1 Å². The van der Waals surface area contributed by atoms with Crippen molar-refractivity contribution in [1.82, 2.24) is 0 Å². The molecule has 0 nitrogen and oxygen atoms in total. The Kier molecular flexibility index (Phi) is 7.19. The van der Waals surface area contributed by atoms with Gasteiger partial charge < -0.3 is 0 Å². The largest absolute Gasteiger partial charge is 0.0847 e. The molecule has 0 saturated heterocycles. The third-order valence-corrected chi connectivity index (χ3v) is 2.66. The second-order valence-corrected chi connectivity index (χ2v) is 3.99. The van der Waals surface area contributed by atoms with Crippen molar-refractivity contribution in [3.63, 3.8) is 0 Å². The van der Waals surface area contributed by atoms with Gasteiger partial charge in [0.05, 0.1) is 0 Å². The van der Waals surface area contributed by atoms with Crippen molar-refractivity contribution < 1.29 is 0 Å². The van der Waals surface area contributed by atoms with E-state index < -0.39 is 0 Å². The van der Waals surface area contributed by atoms with E-state index in [1.54, 1.807) is 0 Å². The summed E-state index contributed by atoms with van der Waals surface area (Å²) in [6.07, 6.45) is 1.93. The third-order valence-electron chi connectivity index (χ3n) is 1.94. The molecule has 0 saturated carbocycles. The van der Waals surface area contributed by atoms with Crippen molar-refractivity contribution in [3.8, 4) is 0 Å². The van der Waals surface area contributed by atoms with Gasteiger partial charge in [0.2, 0.25) is 0 Å². The highest BCUT2D eigenvalue weighted by Gasteiger charge is 1.86. The Hall–Kier alpha value is -0.720. The molecule has 0 aliphatic carbocycles. The van der Waals surface area contributed by atoms with Crippen LogP contribution in [0.2, 0.25) is 5.02 Å².